The Bertz CT molecular complexity index is 713. The van der Waals surface area contributed by atoms with Crippen LogP contribution in [-0.4, -0.2) is 11.2 Å². The van der Waals surface area contributed by atoms with Crippen LogP contribution < -0.4 is 4.74 Å². The molecule has 0 unspecified atom stereocenters. The molecule has 0 aliphatic carbocycles. The highest BCUT2D eigenvalue weighted by Crippen LogP contribution is 2.35. The molecule has 0 saturated heterocycles. The van der Waals surface area contributed by atoms with Crippen molar-refractivity contribution in [3.8, 4) is 11.5 Å². The van der Waals surface area contributed by atoms with E-state index in [9.17, 15) is 23.7 Å². The van der Waals surface area contributed by atoms with Crippen molar-refractivity contribution < 1.29 is 23.2 Å². The number of non-ortho nitro benzene ring substituents is 1. The van der Waals surface area contributed by atoms with Crippen LogP contribution >= 0.6 is 15.9 Å². The molecular formula is C13H6BrF2NO4. The van der Waals surface area contributed by atoms with Gasteiger partial charge in [-0.05, 0) is 34.1 Å². The van der Waals surface area contributed by atoms with Crippen LogP contribution in [0.15, 0.2) is 34.8 Å². The van der Waals surface area contributed by atoms with Crippen molar-refractivity contribution in [3.63, 3.8) is 0 Å². The Morgan fingerprint density at radius 2 is 1.81 bits per heavy atom. The van der Waals surface area contributed by atoms with Gasteiger partial charge in [0.1, 0.15) is 12.0 Å². The van der Waals surface area contributed by atoms with Crippen LogP contribution in [0, 0.1) is 21.7 Å². The molecule has 0 radical (unpaired) electrons. The molecule has 8 heteroatoms. The van der Waals surface area contributed by atoms with E-state index < -0.39 is 22.3 Å². The molecule has 2 rings (SSSR count). The molecule has 21 heavy (non-hydrogen) atoms. The highest BCUT2D eigenvalue weighted by molar-refractivity contribution is 9.10. The second-order valence-electron chi connectivity index (χ2n) is 3.91. The number of hydrogen-bond acceptors (Lipinski definition) is 4. The van der Waals surface area contributed by atoms with Crippen LogP contribution in [0.4, 0.5) is 14.5 Å². The Morgan fingerprint density at radius 3 is 2.33 bits per heavy atom. The van der Waals surface area contributed by atoms with Crippen molar-refractivity contribution in [1.82, 2.24) is 0 Å². The van der Waals surface area contributed by atoms with E-state index in [4.69, 9.17) is 4.74 Å². The van der Waals surface area contributed by atoms with E-state index in [0.717, 1.165) is 18.2 Å². The molecule has 2 aromatic rings. The summed E-state index contributed by atoms with van der Waals surface area (Å²) in [6.45, 7) is 0. The summed E-state index contributed by atoms with van der Waals surface area (Å²) in [4.78, 5) is 20.5. The SMILES string of the molecule is O=Cc1cc(F)c(Oc2cc([N+](=O)[O-])ccc2Br)c(F)c1. The minimum absolute atomic E-state index is 0.124. The quantitative estimate of drug-likeness (QED) is 0.466. The Labute approximate surface area is 125 Å². The summed E-state index contributed by atoms with van der Waals surface area (Å²) >= 11 is 3.07. The van der Waals surface area contributed by atoms with Gasteiger partial charge in [-0.1, -0.05) is 0 Å². The lowest BCUT2D eigenvalue weighted by Crippen LogP contribution is -1.97. The van der Waals surface area contributed by atoms with Crippen LogP contribution in [0.25, 0.3) is 0 Å². The Kier molecular flexibility index (Phi) is 4.27. The van der Waals surface area contributed by atoms with Gasteiger partial charge in [-0.25, -0.2) is 8.78 Å². The van der Waals surface area contributed by atoms with Crippen molar-refractivity contribution in [2.24, 2.45) is 0 Å². The first-order valence-corrected chi connectivity index (χ1v) is 6.27. The van der Waals surface area contributed by atoms with Crippen molar-refractivity contribution >= 4 is 27.9 Å². The number of nitro groups is 1. The van der Waals surface area contributed by atoms with Gasteiger partial charge in [-0.15, -0.1) is 0 Å². The standard InChI is InChI=1S/C13H6BrF2NO4/c14-9-2-1-8(17(19)20)5-12(9)21-13-10(15)3-7(6-18)4-11(13)16/h1-6H. The van der Waals surface area contributed by atoms with E-state index in [1.54, 1.807) is 0 Å². The van der Waals surface area contributed by atoms with E-state index in [1.165, 1.54) is 12.1 Å². The number of carbonyl (C=O) groups excluding carboxylic acids is 1. The second-order valence-corrected chi connectivity index (χ2v) is 4.76. The maximum absolute atomic E-state index is 13.7. The molecule has 0 N–H and O–H groups in total. The van der Waals surface area contributed by atoms with Crippen molar-refractivity contribution in [2.45, 2.75) is 0 Å². The number of aldehydes is 1. The van der Waals surface area contributed by atoms with Crippen LogP contribution in [-0.2, 0) is 0 Å². The molecule has 0 heterocycles. The first-order chi connectivity index (χ1) is 9.92. The predicted octanol–water partition coefficient (Wildman–Crippen LogP) is 4.24. The van der Waals surface area contributed by atoms with Gasteiger partial charge in [0.25, 0.3) is 5.69 Å². The monoisotopic (exact) mass is 357 g/mol. The zero-order chi connectivity index (χ0) is 15.6. The zero-order valence-corrected chi connectivity index (χ0v) is 11.8. The molecule has 0 bridgehead atoms. The number of rotatable bonds is 4. The maximum atomic E-state index is 13.7. The predicted molar refractivity (Wildman–Crippen MR) is 72.6 cm³/mol. The summed E-state index contributed by atoms with van der Waals surface area (Å²) in [5.41, 5.74) is -0.478. The van der Waals surface area contributed by atoms with Gasteiger partial charge in [-0.2, -0.15) is 0 Å². The summed E-state index contributed by atoms with van der Waals surface area (Å²) < 4.78 is 32.7. The number of ether oxygens (including phenoxy) is 1. The molecule has 5 nitrogen and oxygen atoms in total. The van der Waals surface area contributed by atoms with Gasteiger partial charge in [-0.3, -0.25) is 14.9 Å². The third-order valence-corrected chi connectivity index (χ3v) is 3.15. The fourth-order valence-corrected chi connectivity index (χ4v) is 1.87. The normalized spacial score (nSPS) is 10.2. The Hall–Kier alpha value is -2.35. The van der Waals surface area contributed by atoms with E-state index in [-0.39, 0.29) is 21.5 Å². The average molecular weight is 358 g/mol. The summed E-state index contributed by atoms with van der Waals surface area (Å²) in [6.07, 6.45) is 0.291. The van der Waals surface area contributed by atoms with Crippen molar-refractivity contribution in [2.75, 3.05) is 0 Å². The number of nitro benzene ring substituents is 1. The molecule has 108 valence electrons. The Morgan fingerprint density at radius 1 is 1.19 bits per heavy atom. The smallest absolute Gasteiger partial charge is 0.273 e. The fraction of sp³-hybridized carbons (Fsp3) is 0. The molecule has 0 aromatic heterocycles. The zero-order valence-electron chi connectivity index (χ0n) is 10.2. The van der Waals surface area contributed by atoms with Crippen molar-refractivity contribution in [3.05, 3.63) is 62.1 Å². The van der Waals surface area contributed by atoms with Crippen LogP contribution in [0.3, 0.4) is 0 Å². The summed E-state index contributed by atoms with van der Waals surface area (Å²) in [5.74, 6) is -3.05. The molecule has 0 atom stereocenters. The minimum Gasteiger partial charge on any atom is -0.450 e. The van der Waals surface area contributed by atoms with Gasteiger partial charge in [0.15, 0.2) is 17.4 Å². The molecule has 2 aromatic carbocycles. The third kappa shape index (κ3) is 3.22. The highest BCUT2D eigenvalue weighted by Gasteiger charge is 2.17. The number of hydrogen-bond donors (Lipinski definition) is 0. The van der Waals surface area contributed by atoms with E-state index in [1.807, 2.05) is 0 Å². The Balaban J connectivity index is 2.45. The largest absolute Gasteiger partial charge is 0.450 e. The number of nitrogens with zero attached hydrogens (tertiary/aromatic N) is 1. The van der Waals surface area contributed by atoms with Gasteiger partial charge >= 0.3 is 0 Å². The molecule has 0 saturated carbocycles. The van der Waals surface area contributed by atoms with Gasteiger partial charge in [0.05, 0.1) is 15.5 Å². The summed E-state index contributed by atoms with van der Waals surface area (Å²) in [6, 6.07) is 5.16. The molecule has 0 aliphatic rings. The number of carbonyl (C=O) groups is 1. The molecule has 0 aliphatic heterocycles. The lowest BCUT2D eigenvalue weighted by atomic mass is 10.2. The van der Waals surface area contributed by atoms with Crippen LogP contribution in [0.5, 0.6) is 11.5 Å². The molecular weight excluding hydrogens is 352 g/mol. The van der Waals surface area contributed by atoms with Crippen LogP contribution in [0.1, 0.15) is 10.4 Å². The molecule has 0 fully saturated rings. The number of benzene rings is 2. The average Bonchev–Trinajstić information content (AvgIpc) is 2.44. The summed E-state index contributed by atoms with van der Waals surface area (Å²) in [7, 11) is 0. The first-order valence-electron chi connectivity index (χ1n) is 5.48. The topological polar surface area (TPSA) is 69.4 Å². The highest BCUT2D eigenvalue weighted by atomic mass is 79.9. The molecule has 0 spiro atoms. The van der Waals surface area contributed by atoms with Gasteiger partial charge < -0.3 is 4.74 Å². The summed E-state index contributed by atoms with van der Waals surface area (Å²) in [5, 5.41) is 10.7. The first kappa shape index (κ1) is 15.0. The van der Waals surface area contributed by atoms with Gasteiger partial charge in [0, 0.05) is 11.6 Å². The lowest BCUT2D eigenvalue weighted by Gasteiger charge is -2.09. The van der Waals surface area contributed by atoms with Crippen molar-refractivity contribution in [1.29, 1.82) is 0 Å². The van der Waals surface area contributed by atoms with E-state index in [0.29, 0.717) is 6.29 Å². The minimum atomic E-state index is -1.09. The van der Waals surface area contributed by atoms with E-state index in [2.05, 4.69) is 15.9 Å². The molecule has 0 amide bonds. The third-order valence-electron chi connectivity index (χ3n) is 2.49. The number of halogens is 3. The fourth-order valence-electron chi connectivity index (χ4n) is 1.54. The van der Waals surface area contributed by atoms with Gasteiger partial charge in [0.2, 0.25) is 0 Å². The lowest BCUT2D eigenvalue weighted by molar-refractivity contribution is -0.384. The maximum Gasteiger partial charge on any atom is 0.273 e. The second kappa shape index (κ2) is 5.96. The van der Waals surface area contributed by atoms with E-state index >= 15 is 0 Å². The van der Waals surface area contributed by atoms with Crippen LogP contribution in [0.2, 0.25) is 0 Å².